The second-order valence-electron chi connectivity index (χ2n) is 2.86. The van der Waals surface area contributed by atoms with Gasteiger partial charge in [-0.05, 0) is 25.5 Å². The Morgan fingerprint density at radius 1 is 1.50 bits per heavy atom. The zero-order valence-corrected chi connectivity index (χ0v) is 8.36. The van der Waals surface area contributed by atoms with Crippen LogP contribution >= 0.6 is 0 Å². The van der Waals surface area contributed by atoms with Crippen molar-refractivity contribution >= 4 is 11.8 Å². The molecule has 0 radical (unpaired) electrons. The minimum atomic E-state index is -0.540. The summed E-state index contributed by atoms with van der Waals surface area (Å²) in [4.78, 5) is 11.3. The van der Waals surface area contributed by atoms with Gasteiger partial charge in [-0.25, -0.2) is 15.6 Å². The highest BCUT2D eigenvalue weighted by molar-refractivity contribution is 5.87. The van der Waals surface area contributed by atoms with E-state index in [0.29, 0.717) is 12.3 Å². The largest absolute Gasteiger partial charge is 0.449 e. The molecule has 0 aliphatic heterocycles. The zero-order chi connectivity index (χ0) is 10.6. The van der Waals surface area contributed by atoms with E-state index in [-0.39, 0.29) is 0 Å². The van der Waals surface area contributed by atoms with Crippen LogP contribution < -0.4 is 10.9 Å². The predicted molar refractivity (Wildman–Crippen MR) is 54.9 cm³/mol. The van der Waals surface area contributed by atoms with E-state index in [0.717, 1.165) is 10.6 Å². The summed E-state index contributed by atoms with van der Waals surface area (Å²) in [7, 11) is 0. The fourth-order valence-electron chi connectivity index (χ4n) is 1.13. The molecule has 0 saturated heterocycles. The number of ether oxygens (including phenoxy) is 1. The van der Waals surface area contributed by atoms with Gasteiger partial charge in [0.1, 0.15) is 0 Å². The summed E-state index contributed by atoms with van der Waals surface area (Å²) in [5.41, 5.74) is 1.59. The Bertz CT molecular complexity index is 326. The molecule has 76 valence electrons. The summed E-state index contributed by atoms with van der Waals surface area (Å²) in [6.07, 6.45) is -0.540. The van der Waals surface area contributed by atoms with Crippen molar-refractivity contribution in [1.82, 2.24) is 0 Å². The van der Waals surface area contributed by atoms with Gasteiger partial charge in [0.2, 0.25) is 0 Å². The summed E-state index contributed by atoms with van der Waals surface area (Å²) >= 11 is 0. The molecular weight excluding hydrogens is 180 g/mol. The molecule has 0 bridgehead atoms. The van der Waals surface area contributed by atoms with Crippen LogP contribution in [0.15, 0.2) is 24.3 Å². The van der Waals surface area contributed by atoms with Crippen LogP contribution in [-0.2, 0) is 4.74 Å². The number of rotatable bonds is 2. The maximum Gasteiger partial charge on any atom is 0.428 e. The van der Waals surface area contributed by atoms with E-state index in [4.69, 9.17) is 10.6 Å². The van der Waals surface area contributed by atoms with Crippen molar-refractivity contribution in [3.63, 3.8) is 0 Å². The van der Waals surface area contributed by atoms with E-state index in [1.54, 1.807) is 13.0 Å². The molecule has 0 aliphatic carbocycles. The Kier molecular flexibility index (Phi) is 3.48. The molecule has 0 aliphatic rings. The lowest BCUT2D eigenvalue weighted by Gasteiger charge is -2.17. The number of carbonyl (C=O) groups is 1. The van der Waals surface area contributed by atoms with E-state index in [1.165, 1.54) is 0 Å². The van der Waals surface area contributed by atoms with Gasteiger partial charge in [-0.1, -0.05) is 18.2 Å². The quantitative estimate of drug-likeness (QED) is 0.444. The average molecular weight is 194 g/mol. The van der Waals surface area contributed by atoms with Crippen molar-refractivity contribution in [2.24, 2.45) is 5.84 Å². The number of hydrogen-bond donors (Lipinski definition) is 1. The molecule has 0 atom stereocenters. The highest BCUT2D eigenvalue weighted by atomic mass is 16.6. The van der Waals surface area contributed by atoms with Crippen LogP contribution in [0.1, 0.15) is 12.5 Å². The molecule has 1 amide bonds. The van der Waals surface area contributed by atoms with Gasteiger partial charge in [0.05, 0.1) is 12.3 Å². The number of carbonyl (C=O) groups excluding carboxylic acids is 1. The van der Waals surface area contributed by atoms with Crippen LogP contribution in [-0.4, -0.2) is 12.7 Å². The Labute approximate surface area is 83.2 Å². The first-order valence-corrected chi connectivity index (χ1v) is 4.44. The number of nitrogens with zero attached hydrogens (tertiary/aromatic N) is 1. The number of amides is 1. The molecule has 1 rings (SSSR count). The van der Waals surface area contributed by atoms with Gasteiger partial charge >= 0.3 is 6.09 Å². The smallest absolute Gasteiger partial charge is 0.428 e. The molecule has 1 aromatic carbocycles. The lowest BCUT2D eigenvalue weighted by atomic mass is 10.2. The normalized spacial score (nSPS) is 9.64. The standard InChI is InChI=1S/C10H14N2O2/c1-3-14-10(13)12(11)9-7-5-4-6-8(9)2/h4-7H,3,11H2,1-2H3. The number of anilines is 1. The third-order valence-corrected chi connectivity index (χ3v) is 1.84. The molecule has 0 spiro atoms. The van der Waals surface area contributed by atoms with Gasteiger partial charge in [-0.15, -0.1) is 0 Å². The van der Waals surface area contributed by atoms with Crippen LogP contribution in [0.4, 0.5) is 10.5 Å². The first kappa shape index (κ1) is 10.5. The van der Waals surface area contributed by atoms with E-state index in [2.05, 4.69) is 0 Å². The molecule has 0 aromatic heterocycles. The predicted octanol–water partition coefficient (Wildman–Crippen LogP) is 1.83. The SMILES string of the molecule is CCOC(=O)N(N)c1ccccc1C. The summed E-state index contributed by atoms with van der Waals surface area (Å²) in [6.45, 7) is 3.94. The van der Waals surface area contributed by atoms with E-state index in [1.807, 2.05) is 25.1 Å². The molecular formula is C10H14N2O2. The maximum atomic E-state index is 11.3. The summed E-state index contributed by atoms with van der Waals surface area (Å²) in [5.74, 6) is 5.58. The molecule has 4 heteroatoms. The highest BCUT2D eigenvalue weighted by Gasteiger charge is 2.13. The minimum Gasteiger partial charge on any atom is -0.449 e. The van der Waals surface area contributed by atoms with Crippen LogP contribution in [0.25, 0.3) is 0 Å². The molecule has 0 saturated carbocycles. The minimum absolute atomic E-state index is 0.318. The second-order valence-corrected chi connectivity index (χ2v) is 2.86. The fraction of sp³-hybridized carbons (Fsp3) is 0.300. The maximum absolute atomic E-state index is 11.3. The van der Waals surface area contributed by atoms with Gasteiger partial charge in [0, 0.05) is 0 Å². The molecule has 1 aromatic rings. The second kappa shape index (κ2) is 4.62. The zero-order valence-electron chi connectivity index (χ0n) is 8.36. The summed E-state index contributed by atoms with van der Waals surface area (Å²) in [5, 5.41) is 1.01. The molecule has 0 heterocycles. The molecule has 4 nitrogen and oxygen atoms in total. The van der Waals surface area contributed by atoms with Crippen molar-refractivity contribution in [3.05, 3.63) is 29.8 Å². The van der Waals surface area contributed by atoms with Crippen molar-refractivity contribution in [2.45, 2.75) is 13.8 Å². The van der Waals surface area contributed by atoms with Crippen LogP contribution in [0.5, 0.6) is 0 Å². The number of nitrogens with two attached hydrogens (primary N) is 1. The Morgan fingerprint density at radius 2 is 2.14 bits per heavy atom. The number of para-hydroxylation sites is 1. The van der Waals surface area contributed by atoms with Gasteiger partial charge in [-0.2, -0.15) is 0 Å². The molecule has 2 N–H and O–H groups in total. The van der Waals surface area contributed by atoms with Crippen LogP contribution in [0.3, 0.4) is 0 Å². The van der Waals surface area contributed by atoms with Crippen LogP contribution in [0.2, 0.25) is 0 Å². The number of aryl methyl sites for hydroxylation is 1. The Balaban J connectivity index is 2.84. The average Bonchev–Trinajstić information content (AvgIpc) is 2.18. The fourth-order valence-corrected chi connectivity index (χ4v) is 1.13. The summed E-state index contributed by atoms with van der Waals surface area (Å²) < 4.78 is 4.78. The van der Waals surface area contributed by atoms with E-state index < -0.39 is 6.09 Å². The number of benzene rings is 1. The van der Waals surface area contributed by atoms with Crippen molar-refractivity contribution in [2.75, 3.05) is 11.6 Å². The van der Waals surface area contributed by atoms with Gasteiger partial charge in [0.25, 0.3) is 0 Å². The monoisotopic (exact) mass is 194 g/mol. The lowest BCUT2D eigenvalue weighted by molar-refractivity contribution is 0.160. The van der Waals surface area contributed by atoms with Gasteiger partial charge < -0.3 is 4.74 Å². The van der Waals surface area contributed by atoms with Crippen LogP contribution in [0, 0.1) is 6.92 Å². The number of hydrogen-bond acceptors (Lipinski definition) is 3. The molecule has 14 heavy (non-hydrogen) atoms. The highest BCUT2D eigenvalue weighted by Crippen LogP contribution is 2.16. The van der Waals surface area contributed by atoms with E-state index >= 15 is 0 Å². The van der Waals surface area contributed by atoms with Crippen molar-refractivity contribution < 1.29 is 9.53 Å². The Hall–Kier alpha value is -1.55. The molecule has 0 unspecified atom stereocenters. The topological polar surface area (TPSA) is 55.6 Å². The third-order valence-electron chi connectivity index (χ3n) is 1.84. The lowest BCUT2D eigenvalue weighted by Crippen LogP contribution is -2.38. The van der Waals surface area contributed by atoms with Crippen molar-refractivity contribution in [1.29, 1.82) is 0 Å². The van der Waals surface area contributed by atoms with Gasteiger partial charge in [-0.3, -0.25) is 0 Å². The first-order valence-electron chi connectivity index (χ1n) is 4.44. The first-order chi connectivity index (χ1) is 6.66. The number of hydrazine groups is 1. The Morgan fingerprint density at radius 3 is 2.71 bits per heavy atom. The third kappa shape index (κ3) is 2.23. The van der Waals surface area contributed by atoms with E-state index in [9.17, 15) is 4.79 Å². The van der Waals surface area contributed by atoms with Gasteiger partial charge in [0.15, 0.2) is 0 Å². The van der Waals surface area contributed by atoms with Crippen molar-refractivity contribution in [3.8, 4) is 0 Å². The summed E-state index contributed by atoms with van der Waals surface area (Å²) in [6, 6.07) is 7.36. The molecule has 0 fully saturated rings.